The fraction of sp³-hybridized carbons (Fsp3) is 0.227. The zero-order valence-electron chi connectivity index (χ0n) is 16.3. The molecule has 3 aromatic rings. The van der Waals surface area contributed by atoms with Crippen LogP contribution in [0.4, 0.5) is 4.79 Å². The number of benzene rings is 2. The lowest BCUT2D eigenvalue weighted by molar-refractivity contribution is 0.142. The van der Waals surface area contributed by atoms with Gasteiger partial charge >= 0.3 is 6.16 Å². The highest BCUT2D eigenvalue weighted by molar-refractivity contribution is 6.35. The number of hydrogen-bond acceptors (Lipinski definition) is 4. The van der Waals surface area contributed by atoms with Crippen LogP contribution < -0.4 is 4.74 Å². The molecular weight excluding hydrogens is 390 g/mol. The van der Waals surface area contributed by atoms with Crippen LogP contribution in [-0.4, -0.2) is 26.5 Å². The Balaban J connectivity index is 2.02. The molecule has 7 heteroatoms. The second-order valence-corrected chi connectivity index (χ2v) is 8.21. The lowest BCUT2D eigenvalue weighted by Crippen LogP contribution is -2.20. The summed E-state index contributed by atoms with van der Waals surface area (Å²) < 4.78 is 6.97. The van der Waals surface area contributed by atoms with E-state index in [1.165, 1.54) is 0 Å². The molecule has 0 unspecified atom stereocenters. The lowest BCUT2D eigenvalue weighted by atomic mass is 9.94. The molecule has 0 spiro atoms. The second kappa shape index (κ2) is 7.04. The van der Waals surface area contributed by atoms with Crippen LogP contribution in [-0.2, 0) is 12.0 Å². The molecule has 1 N–H and O–H groups in total. The number of para-hydroxylation sites is 1. The molecule has 0 saturated carbocycles. The van der Waals surface area contributed by atoms with E-state index in [0.717, 1.165) is 22.5 Å². The molecule has 0 saturated heterocycles. The minimum atomic E-state index is -1.40. The maximum absolute atomic E-state index is 11.3. The number of rotatable bonds is 2. The van der Waals surface area contributed by atoms with Gasteiger partial charge in [0.15, 0.2) is 0 Å². The van der Waals surface area contributed by atoms with Crippen molar-refractivity contribution in [2.45, 2.75) is 32.7 Å². The van der Waals surface area contributed by atoms with E-state index in [4.69, 9.17) is 21.3 Å². The topological polar surface area (TPSA) is 76.7 Å². The predicted molar refractivity (Wildman–Crippen MR) is 112 cm³/mol. The van der Waals surface area contributed by atoms with Crippen LogP contribution in [0.1, 0.15) is 43.4 Å². The average molecular weight is 410 g/mol. The zero-order chi connectivity index (χ0) is 20.8. The van der Waals surface area contributed by atoms with E-state index in [1.54, 1.807) is 0 Å². The first-order valence-electron chi connectivity index (χ1n) is 9.19. The van der Waals surface area contributed by atoms with Crippen LogP contribution in [0.5, 0.6) is 5.88 Å². The third-order valence-electron chi connectivity index (χ3n) is 4.71. The van der Waals surface area contributed by atoms with Crippen molar-refractivity contribution >= 4 is 23.5 Å². The smallest absolute Gasteiger partial charge is 0.449 e. The number of nitrogens with zero attached hydrogens (tertiary/aromatic N) is 3. The molecular formula is C22H20ClN3O3. The first-order chi connectivity index (χ1) is 13.8. The van der Waals surface area contributed by atoms with Crippen LogP contribution in [0.3, 0.4) is 0 Å². The molecule has 0 fully saturated rings. The fourth-order valence-electron chi connectivity index (χ4n) is 3.49. The third kappa shape index (κ3) is 3.40. The van der Waals surface area contributed by atoms with E-state index < -0.39 is 6.16 Å². The molecule has 29 heavy (non-hydrogen) atoms. The highest BCUT2D eigenvalue weighted by Gasteiger charge is 2.32. The van der Waals surface area contributed by atoms with Gasteiger partial charge in [-0.15, -0.1) is 0 Å². The van der Waals surface area contributed by atoms with E-state index in [2.05, 4.69) is 4.98 Å². The standard InChI is InChI=1S/C22H20ClN3O3/c1-22(2,3)20-25-19(29-21(27)28)17-12-24-18(13-8-4-6-10-15(13)23)14-9-5-7-11-16(14)26(17)20/h4-11H,12H2,1-3H3,(H,27,28). The van der Waals surface area contributed by atoms with Crippen molar-refractivity contribution in [2.24, 2.45) is 4.99 Å². The van der Waals surface area contributed by atoms with Crippen molar-refractivity contribution in [3.63, 3.8) is 0 Å². The number of aromatic nitrogens is 2. The molecule has 148 valence electrons. The Labute approximate surface area is 173 Å². The summed E-state index contributed by atoms with van der Waals surface area (Å²) in [5.41, 5.74) is 3.55. The van der Waals surface area contributed by atoms with Crippen LogP contribution in [0.2, 0.25) is 5.02 Å². The van der Waals surface area contributed by atoms with E-state index in [1.807, 2.05) is 73.9 Å². The highest BCUT2D eigenvalue weighted by Crippen LogP contribution is 2.36. The molecule has 0 bridgehead atoms. The molecule has 6 nitrogen and oxygen atoms in total. The number of carboxylic acid groups (broad SMARTS) is 1. The SMILES string of the molecule is CC(C)(C)c1nc(OC(=O)O)c2n1-c1ccccc1C(c1ccccc1Cl)=NC2. The molecule has 1 aromatic heterocycles. The fourth-order valence-corrected chi connectivity index (χ4v) is 3.72. The molecule has 1 aliphatic heterocycles. The zero-order valence-corrected chi connectivity index (χ0v) is 17.1. The number of hydrogen-bond donors (Lipinski definition) is 1. The largest absolute Gasteiger partial charge is 0.512 e. The summed E-state index contributed by atoms with van der Waals surface area (Å²) in [6, 6.07) is 15.4. The number of fused-ring (bicyclic) bond motifs is 3. The van der Waals surface area contributed by atoms with Gasteiger partial charge in [0.05, 0.1) is 17.9 Å². The van der Waals surface area contributed by atoms with Gasteiger partial charge in [-0.3, -0.25) is 9.56 Å². The maximum Gasteiger partial charge on any atom is 0.512 e. The van der Waals surface area contributed by atoms with E-state index in [-0.39, 0.29) is 17.8 Å². The molecule has 0 atom stereocenters. The van der Waals surface area contributed by atoms with Crippen molar-refractivity contribution < 1.29 is 14.6 Å². The summed E-state index contributed by atoms with van der Waals surface area (Å²) in [6.07, 6.45) is -1.40. The highest BCUT2D eigenvalue weighted by atomic mass is 35.5. The van der Waals surface area contributed by atoms with Gasteiger partial charge in [-0.25, -0.2) is 4.79 Å². The molecule has 1 aliphatic rings. The van der Waals surface area contributed by atoms with Crippen molar-refractivity contribution in [3.05, 3.63) is 76.2 Å². The number of ether oxygens (including phenoxy) is 1. The van der Waals surface area contributed by atoms with Gasteiger partial charge in [0.2, 0.25) is 5.88 Å². The minimum absolute atomic E-state index is 0.0568. The number of carbonyl (C=O) groups is 1. The van der Waals surface area contributed by atoms with Crippen molar-refractivity contribution in [1.29, 1.82) is 0 Å². The molecule has 0 radical (unpaired) electrons. The monoisotopic (exact) mass is 409 g/mol. The third-order valence-corrected chi connectivity index (χ3v) is 5.04. The first-order valence-corrected chi connectivity index (χ1v) is 9.57. The minimum Gasteiger partial charge on any atom is -0.449 e. The second-order valence-electron chi connectivity index (χ2n) is 7.80. The van der Waals surface area contributed by atoms with Crippen LogP contribution in [0.25, 0.3) is 5.69 Å². The summed E-state index contributed by atoms with van der Waals surface area (Å²) in [4.78, 5) is 20.6. The summed E-state index contributed by atoms with van der Waals surface area (Å²) in [5, 5.41) is 9.79. The van der Waals surface area contributed by atoms with Crippen molar-refractivity contribution in [1.82, 2.24) is 9.55 Å². The Morgan fingerprint density at radius 3 is 2.41 bits per heavy atom. The Morgan fingerprint density at radius 1 is 1.10 bits per heavy atom. The van der Waals surface area contributed by atoms with Gasteiger partial charge in [-0.05, 0) is 12.1 Å². The van der Waals surface area contributed by atoms with Gasteiger partial charge in [0.25, 0.3) is 0 Å². The Hall–Kier alpha value is -3.12. The van der Waals surface area contributed by atoms with Crippen LogP contribution in [0.15, 0.2) is 53.5 Å². The molecule has 4 rings (SSSR count). The quantitative estimate of drug-likeness (QED) is 0.588. The van der Waals surface area contributed by atoms with Crippen LogP contribution in [0, 0.1) is 0 Å². The van der Waals surface area contributed by atoms with Crippen molar-refractivity contribution in [3.8, 4) is 11.6 Å². The van der Waals surface area contributed by atoms with E-state index in [0.29, 0.717) is 16.5 Å². The Bertz CT molecular complexity index is 1140. The lowest BCUT2D eigenvalue weighted by Gasteiger charge is -2.21. The van der Waals surface area contributed by atoms with E-state index >= 15 is 0 Å². The molecule has 0 amide bonds. The predicted octanol–water partition coefficient (Wildman–Crippen LogP) is 5.23. The van der Waals surface area contributed by atoms with E-state index in [9.17, 15) is 9.90 Å². The van der Waals surface area contributed by atoms with Crippen LogP contribution >= 0.6 is 11.6 Å². The molecule has 2 aromatic carbocycles. The average Bonchev–Trinajstić information content (AvgIpc) is 2.92. The molecule has 0 aliphatic carbocycles. The van der Waals surface area contributed by atoms with Gasteiger partial charge in [-0.2, -0.15) is 4.98 Å². The Morgan fingerprint density at radius 2 is 1.76 bits per heavy atom. The summed E-state index contributed by atoms with van der Waals surface area (Å²) >= 11 is 6.46. The Kier molecular flexibility index (Phi) is 4.67. The normalized spacial score (nSPS) is 13.2. The number of aliphatic imine (C=N–C) groups is 1. The summed E-state index contributed by atoms with van der Waals surface area (Å²) in [5.74, 6) is 0.758. The molecule has 2 heterocycles. The van der Waals surface area contributed by atoms with Crippen molar-refractivity contribution in [2.75, 3.05) is 0 Å². The summed E-state index contributed by atoms with van der Waals surface area (Å²) in [6.45, 7) is 6.28. The maximum atomic E-state index is 11.3. The first kappa shape index (κ1) is 19.2. The van der Waals surface area contributed by atoms with Gasteiger partial charge in [0, 0.05) is 21.6 Å². The number of imidazole rings is 1. The van der Waals surface area contributed by atoms with Gasteiger partial charge < -0.3 is 9.84 Å². The van der Waals surface area contributed by atoms with Gasteiger partial charge in [0.1, 0.15) is 11.5 Å². The number of halogens is 1. The van der Waals surface area contributed by atoms with Gasteiger partial charge in [-0.1, -0.05) is 68.8 Å². The summed E-state index contributed by atoms with van der Waals surface area (Å²) in [7, 11) is 0.